The highest BCUT2D eigenvalue weighted by atomic mass is 35.5. The normalized spacial score (nSPS) is 20.1. The molecule has 11 heteroatoms. The minimum Gasteiger partial charge on any atom is -0.480 e. The molecule has 3 aliphatic heterocycles. The molecule has 2 N–H and O–H groups in total. The average molecular weight is 499 g/mol. The molecule has 3 aliphatic rings. The molecule has 0 bridgehead atoms. The smallest absolute Gasteiger partial charge is 0.263 e. The number of hydrogen-bond acceptors (Lipinski definition) is 7. The summed E-state index contributed by atoms with van der Waals surface area (Å²) in [5, 5.41) is 6.72. The molecule has 6 rings (SSSR count). The van der Waals surface area contributed by atoms with E-state index in [0.717, 1.165) is 25.9 Å². The molecule has 0 aliphatic carbocycles. The Morgan fingerprint density at radius 3 is 2.91 bits per heavy atom. The van der Waals surface area contributed by atoms with Crippen LogP contribution < -0.4 is 20.9 Å². The van der Waals surface area contributed by atoms with Crippen molar-refractivity contribution in [3.63, 3.8) is 0 Å². The van der Waals surface area contributed by atoms with Crippen molar-refractivity contribution < 1.29 is 13.9 Å². The summed E-state index contributed by atoms with van der Waals surface area (Å²) < 4.78 is 21.7. The fourth-order valence-corrected chi connectivity index (χ4v) is 5.52. The number of hydrogen-bond donors (Lipinski definition) is 2. The molecule has 1 unspecified atom stereocenters. The molecule has 6 heterocycles. The molecule has 3 aromatic heterocycles. The van der Waals surface area contributed by atoms with Crippen LogP contribution in [0.1, 0.15) is 30.0 Å². The Kier molecular flexibility index (Phi) is 5.66. The summed E-state index contributed by atoms with van der Waals surface area (Å²) in [6.45, 7) is 3.35. The number of piperidine rings is 1. The third kappa shape index (κ3) is 4.15. The van der Waals surface area contributed by atoms with Gasteiger partial charge in [-0.25, -0.2) is 9.37 Å². The molecule has 0 saturated carbocycles. The van der Waals surface area contributed by atoms with E-state index in [2.05, 4.69) is 25.5 Å². The minimum absolute atomic E-state index is 0.0382. The summed E-state index contributed by atoms with van der Waals surface area (Å²) in [4.78, 5) is 34.9. The van der Waals surface area contributed by atoms with E-state index in [1.165, 1.54) is 12.3 Å². The van der Waals surface area contributed by atoms with Gasteiger partial charge >= 0.3 is 0 Å². The molecule has 1 saturated heterocycles. The van der Waals surface area contributed by atoms with E-state index in [9.17, 15) is 14.0 Å². The number of rotatable bonds is 5. The van der Waals surface area contributed by atoms with Gasteiger partial charge in [0, 0.05) is 49.3 Å². The molecule has 1 atom stereocenters. The first-order chi connectivity index (χ1) is 17.0. The summed E-state index contributed by atoms with van der Waals surface area (Å²) >= 11 is 6.37. The minimum atomic E-state index is -0.341. The molecule has 182 valence electrons. The molecule has 3 aromatic rings. The number of anilines is 1. The van der Waals surface area contributed by atoms with Crippen LogP contribution >= 0.6 is 11.6 Å². The van der Waals surface area contributed by atoms with Crippen molar-refractivity contribution in [1.29, 1.82) is 0 Å². The highest BCUT2D eigenvalue weighted by Gasteiger charge is 2.31. The summed E-state index contributed by atoms with van der Waals surface area (Å²) in [6.07, 6.45) is 3.12. The zero-order chi connectivity index (χ0) is 24.1. The Hall–Kier alpha value is -3.08. The van der Waals surface area contributed by atoms with Crippen molar-refractivity contribution in [2.45, 2.75) is 37.9 Å². The van der Waals surface area contributed by atoms with Crippen LogP contribution in [-0.2, 0) is 17.9 Å². The van der Waals surface area contributed by atoms with Crippen LogP contribution in [0.2, 0.25) is 5.02 Å². The molecular weight excluding hydrogens is 475 g/mol. The summed E-state index contributed by atoms with van der Waals surface area (Å²) in [5.41, 5.74) is 2.45. The van der Waals surface area contributed by atoms with Crippen LogP contribution in [0, 0.1) is 5.82 Å². The van der Waals surface area contributed by atoms with Crippen LogP contribution in [0.4, 0.5) is 10.2 Å². The van der Waals surface area contributed by atoms with Gasteiger partial charge < -0.3 is 24.8 Å². The lowest BCUT2D eigenvalue weighted by Gasteiger charge is -2.34. The molecule has 0 radical (unpaired) electrons. The van der Waals surface area contributed by atoms with Gasteiger partial charge in [-0.05, 0) is 32.0 Å². The molecule has 1 amide bonds. The Bertz CT molecular complexity index is 1390. The van der Waals surface area contributed by atoms with Gasteiger partial charge in [0.05, 0.1) is 27.9 Å². The summed E-state index contributed by atoms with van der Waals surface area (Å²) in [7, 11) is 0. The number of likely N-dealkylation sites (tertiary alicyclic amines) is 1. The third-order valence-corrected chi connectivity index (χ3v) is 7.38. The molecule has 35 heavy (non-hydrogen) atoms. The van der Waals surface area contributed by atoms with E-state index in [1.54, 1.807) is 16.7 Å². The zero-order valence-corrected chi connectivity index (χ0v) is 19.6. The predicted molar refractivity (Wildman–Crippen MR) is 128 cm³/mol. The number of nitrogens with one attached hydrogen (secondary N) is 2. The predicted octanol–water partition coefficient (Wildman–Crippen LogP) is 2.27. The SMILES string of the molecule is O=C1COc2cc(Cl)c(CNC3CCN(CC4Cn5c(=O)ccc6ncc(F)c4c65)CC3)nc2N1. The first kappa shape index (κ1) is 22.4. The molecule has 1 fully saturated rings. The molecule has 0 spiro atoms. The van der Waals surface area contributed by atoms with Gasteiger partial charge in [-0.3, -0.25) is 14.6 Å². The van der Waals surface area contributed by atoms with Crippen molar-refractivity contribution in [3.8, 4) is 5.75 Å². The standard InChI is InChI=1S/C24H24ClFN6O3/c25-15-7-19-24(30-20(33)12-35-19)29-18(15)9-27-14-3-5-31(6-4-14)10-13-11-32-21(34)2-1-17-23(32)22(13)16(26)8-28-17/h1-2,7-8,13-14,27H,3-6,9-12H2,(H,29,30,33). The van der Waals surface area contributed by atoms with E-state index in [4.69, 9.17) is 16.3 Å². The monoisotopic (exact) mass is 498 g/mol. The second-order valence-electron chi connectivity index (χ2n) is 9.29. The lowest BCUT2D eigenvalue weighted by Crippen LogP contribution is -2.43. The zero-order valence-electron chi connectivity index (χ0n) is 18.9. The van der Waals surface area contributed by atoms with Gasteiger partial charge in [0.1, 0.15) is 5.82 Å². The van der Waals surface area contributed by atoms with E-state index in [-0.39, 0.29) is 29.8 Å². The lowest BCUT2D eigenvalue weighted by atomic mass is 9.98. The van der Waals surface area contributed by atoms with E-state index >= 15 is 0 Å². The number of amides is 1. The van der Waals surface area contributed by atoms with E-state index in [1.807, 2.05) is 0 Å². The van der Waals surface area contributed by atoms with Gasteiger partial charge in [-0.15, -0.1) is 0 Å². The first-order valence-electron chi connectivity index (χ1n) is 11.7. The number of ether oxygens (including phenoxy) is 1. The number of carbonyl (C=O) groups is 1. The maximum Gasteiger partial charge on any atom is 0.263 e. The Morgan fingerprint density at radius 1 is 1.26 bits per heavy atom. The van der Waals surface area contributed by atoms with Gasteiger partial charge in [0.25, 0.3) is 11.5 Å². The largest absolute Gasteiger partial charge is 0.480 e. The fraction of sp³-hybridized carbons (Fsp3) is 0.417. The van der Waals surface area contributed by atoms with Gasteiger partial charge in [0.15, 0.2) is 18.2 Å². The van der Waals surface area contributed by atoms with Crippen molar-refractivity contribution in [3.05, 3.63) is 56.8 Å². The van der Waals surface area contributed by atoms with Gasteiger partial charge in [-0.1, -0.05) is 11.6 Å². The Morgan fingerprint density at radius 2 is 2.09 bits per heavy atom. The number of pyridine rings is 3. The first-order valence-corrected chi connectivity index (χ1v) is 12.1. The maximum absolute atomic E-state index is 14.7. The van der Waals surface area contributed by atoms with Crippen LogP contribution in [0.5, 0.6) is 5.75 Å². The summed E-state index contributed by atoms with van der Waals surface area (Å²) in [6, 6.07) is 5.14. The third-order valence-electron chi connectivity index (χ3n) is 7.06. The highest BCUT2D eigenvalue weighted by Crippen LogP contribution is 2.35. The van der Waals surface area contributed by atoms with Gasteiger partial charge in [-0.2, -0.15) is 0 Å². The van der Waals surface area contributed by atoms with Crippen LogP contribution in [0.15, 0.2) is 29.2 Å². The number of nitrogens with zero attached hydrogens (tertiary/aromatic N) is 4. The van der Waals surface area contributed by atoms with Crippen LogP contribution in [0.25, 0.3) is 11.0 Å². The van der Waals surface area contributed by atoms with E-state index in [0.29, 0.717) is 64.6 Å². The van der Waals surface area contributed by atoms with Crippen molar-refractivity contribution in [1.82, 2.24) is 24.8 Å². The highest BCUT2D eigenvalue weighted by molar-refractivity contribution is 6.31. The molecule has 9 nitrogen and oxygen atoms in total. The number of halogens is 2. The average Bonchev–Trinajstić information content (AvgIpc) is 3.24. The quantitative estimate of drug-likeness (QED) is 0.556. The van der Waals surface area contributed by atoms with Crippen molar-refractivity contribution >= 4 is 34.4 Å². The van der Waals surface area contributed by atoms with Crippen LogP contribution in [-0.4, -0.2) is 57.6 Å². The van der Waals surface area contributed by atoms with E-state index < -0.39 is 0 Å². The fourth-order valence-electron chi connectivity index (χ4n) is 5.31. The summed E-state index contributed by atoms with van der Waals surface area (Å²) in [5.74, 6) is 0.224. The molecule has 0 aromatic carbocycles. The van der Waals surface area contributed by atoms with Crippen LogP contribution in [0.3, 0.4) is 0 Å². The number of carbonyl (C=O) groups excluding carboxylic acids is 1. The Labute approximate surface area is 205 Å². The maximum atomic E-state index is 14.7. The topological polar surface area (TPSA) is 101 Å². The second-order valence-corrected chi connectivity index (χ2v) is 9.70. The molecular formula is C24H24ClFN6O3. The van der Waals surface area contributed by atoms with Crippen molar-refractivity contribution in [2.24, 2.45) is 0 Å². The Balaban J connectivity index is 1.07. The number of fused-ring (bicyclic) bond motifs is 1. The lowest BCUT2D eigenvalue weighted by molar-refractivity contribution is -0.118. The van der Waals surface area contributed by atoms with Gasteiger partial charge in [0.2, 0.25) is 0 Å². The second kappa shape index (κ2) is 8.85. The number of aromatic nitrogens is 3. The van der Waals surface area contributed by atoms with Crippen molar-refractivity contribution in [2.75, 3.05) is 31.6 Å².